The normalized spacial score (nSPS) is 22.6. The molecule has 1 fully saturated rings. The second-order valence-corrected chi connectivity index (χ2v) is 4.84. The first kappa shape index (κ1) is 12.9. The van der Waals surface area contributed by atoms with E-state index in [0.29, 0.717) is 12.5 Å². The Morgan fingerprint density at radius 2 is 2.27 bits per heavy atom. The fourth-order valence-corrected chi connectivity index (χ4v) is 2.23. The van der Waals surface area contributed by atoms with Gasteiger partial charge in [0.1, 0.15) is 0 Å². The minimum Gasteiger partial charge on any atom is -0.316 e. The number of nitrogens with one attached hydrogen (secondary N) is 1. The van der Waals surface area contributed by atoms with Crippen molar-refractivity contribution in [2.45, 2.75) is 39.2 Å². The predicted molar refractivity (Wildman–Crippen MR) is 62.9 cm³/mol. The van der Waals surface area contributed by atoms with E-state index in [-0.39, 0.29) is 6.67 Å². The molecule has 1 aliphatic rings. The van der Waals surface area contributed by atoms with Crippen LogP contribution in [0.3, 0.4) is 0 Å². The van der Waals surface area contributed by atoms with Crippen molar-refractivity contribution in [3.8, 4) is 0 Å². The van der Waals surface area contributed by atoms with Gasteiger partial charge in [0.15, 0.2) is 0 Å². The first-order valence-electron chi connectivity index (χ1n) is 6.24. The van der Waals surface area contributed by atoms with Gasteiger partial charge in [-0.2, -0.15) is 0 Å². The van der Waals surface area contributed by atoms with Crippen LogP contribution in [0.15, 0.2) is 0 Å². The summed E-state index contributed by atoms with van der Waals surface area (Å²) in [5.74, 6) is 0.765. The highest BCUT2D eigenvalue weighted by atomic mass is 19.1. The van der Waals surface area contributed by atoms with Gasteiger partial charge in [0, 0.05) is 19.1 Å². The maximum atomic E-state index is 12.2. The van der Waals surface area contributed by atoms with Crippen molar-refractivity contribution in [1.82, 2.24) is 10.2 Å². The van der Waals surface area contributed by atoms with E-state index < -0.39 is 0 Å². The molecular formula is C12H25FN2. The van der Waals surface area contributed by atoms with Crippen LogP contribution >= 0.6 is 0 Å². The average molecular weight is 216 g/mol. The summed E-state index contributed by atoms with van der Waals surface area (Å²) in [4.78, 5) is 2.41. The molecule has 1 unspecified atom stereocenters. The van der Waals surface area contributed by atoms with Crippen LogP contribution in [0.5, 0.6) is 0 Å². The molecule has 90 valence electrons. The maximum Gasteiger partial charge on any atom is 0.0906 e. The van der Waals surface area contributed by atoms with Crippen LogP contribution in [0.25, 0.3) is 0 Å². The van der Waals surface area contributed by atoms with Crippen LogP contribution in [0.4, 0.5) is 4.39 Å². The predicted octanol–water partition coefficient (Wildman–Crippen LogP) is 2.06. The third-order valence-electron chi connectivity index (χ3n) is 3.20. The summed E-state index contributed by atoms with van der Waals surface area (Å²) < 4.78 is 12.2. The Morgan fingerprint density at radius 3 is 2.80 bits per heavy atom. The van der Waals surface area contributed by atoms with E-state index in [0.717, 1.165) is 25.6 Å². The lowest BCUT2D eigenvalue weighted by molar-refractivity contribution is 0.165. The fraction of sp³-hybridized carbons (Fsp3) is 1.00. The summed E-state index contributed by atoms with van der Waals surface area (Å²) in [5.41, 5.74) is 0. The number of rotatable bonds is 6. The van der Waals surface area contributed by atoms with Crippen LogP contribution in [0.1, 0.15) is 33.1 Å². The summed E-state index contributed by atoms with van der Waals surface area (Å²) in [6.45, 7) is 8.56. The van der Waals surface area contributed by atoms with E-state index in [4.69, 9.17) is 0 Å². The molecule has 0 bridgehead atoms. The van der Waals surface area contributed by atoms with Gasteiger partial charge < -0.3 is 10.2 Å². The average Bonchev–Trinajstić information content (AvgIpc) is 2.25. The second-order valence-electron chi connectivity index (χ2n) is 4.84. The number of nitrogens with zero attached hydrogens (tertiary/aromatic N) is 1. The van der Waals surface area contributed by atoms with Crippen LogP contribution in [-0.2, 0) is 0 Å². The molecular weight excluding hydrogens is 191 g/mol. The van der Waals surface area contributed by atoms with E-state index in [1.165, 1.54) is 19.4 Å². The van der Waals surface area contributed by atoms with Gasteiger partial charge >= 0.3 is 0 Å². The van der Waals surface area contributed by atoms with Gasteiger partial charge in [-0.25, -0.2) is 0 Å². The van der Waals surface area contributed by atoms with Crippen molar-refractivity contribution in [3.05, 3.63) is 0 Å². The Hall–Kier alpha value is -0.150. The lowest BCUT2D eigenvalue weighted by atomic mass is 9.98. The van der Waals surface area contributed by atoms with Crippen molar-refractivity contribution >= 4 is 0 Å². The first-order chi connectivity index (χ1) is 7.24. The molecule has 1 rings (SSSR count). The highest BCUT2D eigenvalue weighted by Crippen LogP contribution is 2.13. The molecule has 0 spiro atoms. The van der Waals surface area contributed by atoms with E-state index in [2.05, 4.69) is 24.1 Å². The highest BCUT2D eigenvalue weighted by molar-refractivity contribution is 4.74. The fourth-order valence-electron chi connectivity index (χ4n) is 2.23. The zero-order valence-electron chi connectivity index (χ0n) is 10.1. The van der Waals surface area contributed by atoms with Gasteiger partial charge in [0.2, 0.25) is 0 Å². The zero-order chi connectivity index (χ0) is 11.1. The van der Waals surface area contributed by atoms with Crippen LogP contribution in [-0.4, -0.2) is 43.8 Å². The zero-order valence-corrected chi connectivity index (χ0v) is 10.1. The van der Waals surface area contributed by atoms with Crippen molar-refractivity contribution in [3.63, 3.8) is 0 Å². The van der Waals surface area contributed by atoms with Gasteiger partial charge in [-0.3, -0.25) is 4.39 Å². The smallest absolute Gasteiger partial charge is 0.0906 e. The third-order valence-corrected chi connectivity index (χ3v) is 3.20. The summed E-state index contributed by atoms with van der Waals surface area (Å²) in [6.07, 6.45) is 3.30. The molecule has 3 heteroatoms. The van der Waals surface area contributed by atoms with Gasteiger partial charge in [-0.1, -0.05) is 0 Å². The quantitative estimate of drug-likeness (QED) is 0.731. The maximum absolute atomic E-state index is 12.2. The number of hydrogen-bond donors (Lipinski definition) is 1. The largest absolute Gasteiger partial charge is 0.316 e. The van der Waals surface area contributed by atoms with E-state index in [1.807, 2.05) is 0 Å². The Labute approximate surface area is 93.2 Å². The molecule has 0 amide bonds. The van der Waals surface area contributed by atoms with Gasteiger partial charge in [0.05, 0.1) is 6.67 Å². The molecule has 15 heavy (non-hydrogen) atoms. The van der Waals surface area contributed by atoms with Crippen LogP contribution < -0.4 is 5.32 Å². The third kappa shape index (κ3) is 4.94. The van der Waals surface area contributed by atoms with E-state index in [1.54, 1.807) is 0 Å². The lowest BCUT2D eigenvalue weighted by Crippen LogP contribution is -2.41. The molecule has 0 saturated carbocycles. The van der Waals surface area contributed by atoms with Crippen molar-refractivity contribution < 1.29 is 4.39 Å². The molecule has 0 aromatic carbocycles. The van der Waals surface area contributed by atoms with Crippen LogP contribution in [0, 0.1) is 5.92 Å². The molecule has 1 atom stereocenters. The van der Waals surface area contributed by atoms with Crippen molar-refractivity contribution in [2.24, 2.45) is 5.92 Å². The summed E-state index contributed by atoms with van der Waals surface area (Å²) >= 11 is 0. The number of halogens is 1. The van der Waals surface area contributed by atoms with Gasteiger partial charge in [0.25, 0.3) is 0 Å². The minimum atomic E-state index is -0.188. The first-order valence-corrected chi connectivity index (χ1v) is 6.24. The molecule has 2 nitrogen and oxygen atoms in total. The molecule has 0 aromatic rings. The second kappa shape index (κ2) is 7.18. The Bertz CT molecular complexity index is 156. The highest BCUT2D eigenvalue weighted by Gasteiger charge is 2.18. The molecule has 1 heterocycles. The summed E-state index contributed by atoms with van der Waals surface area (Å²) in [7, 11) is 0. The van der Waals surface area contributed by atoms with Gasteiger partial charge in [-0.05, 0) is 52.1 Å². The molecule has 1 N–H and O–H groups in total. The molecule has 1 aliphatic heterocycles. The SMILES string of the molecule is CC(C)N(CCCF)CC1CCCNC1. The number of hydrogen-bond acceptors (Lipinski definition) is 2. The Kier molecular flexibility index (Phi) is 6.18. The van der Waals surface area contributed by atoms with Crippen LogP contribution in [0.2, 0.25) is 0 Å². The van der Waals surface area contributed by atoms with Crippen molar-refractivity contribution in [2.75, 3.05) is 32.9 Å². The van der Waals surface area contributed by atoms with E-state index in [9.17, 15) is 4.39 Å². The minimum absolute atomic E-state index is 0.188. The summed E-state index contributed by atoms with van der Waals surface area (Å²) in [5, 5.41) is 3.43. The lowest BCUT2D eigenvalue weighted by Gasteiger charge is -2.32. The molecule has 1 saturated heterocycles. The number of piperidine rings is 1. The van der Waals surface area contributed by atoms with E-state index >= 15 is 0 Å². The van der Waals surface area contributed by atoms with Gasteiger partial charge in [-0.15, -0.1) is 0 Å². The Morgan fingerprint density at radius 1 is 1.47 bits per heavy atom. The Balaban J connectivity index is 2.28. The topological polar surface area (TPSA) is 15.3 Å². The molecule has 0 radical (unpaired) electrons. The monoisotopic (exact) mass is 216 g/mol. The molecule has 0 aliphatic carbocycles. The van der Waals surface area contributed by atoms with Crippen molar-refractivity contribution in [1.29, 1.82) is 0 Å². The molecule has 0 aromatic heterocycles. The summed E-state index contributed by atoms with van der Waals surface area (Å²) in [6, 6.07) is 0.540. The number of alkyl halides is 1. The standard InChI is InChI=1S/C12H25FN2/c1-11(2)15(8-4-6-13)10-12-5-3-7-14-9-12/h11-12,14H,3-10H2,1-2H3.